The summed E-state index contributed by atoms with van der Waals surface area (Å²) in [6.07, 6.45) is 0.593. The van der Waals surface area contributed by atoms with E-state index in [1.807, 2.05) is 6.92 Å². The van der Waals surface area contributed by atoms with Crippen molar-refractivity contribution in [3.63, 3.8) is 0 Å². The monoisotopic (exact) mass is 282 g/mol. The highest BCUT2D eigenvalue weighted by atomic mass is 35.5. The molecule has 1 unspecified atom stereocenters. The Labute approximate surface area is 116 Å². The first-order valence-electron chi connectivity index (χ1n) is 6.12. The van der Waals surface area contributed by atoms with Crippen molar-refractivity contribution in [1.82, 2.24) is 5.32 Å². The lowest BCUT2D eigenvalue weighted by atomic mass is 10.1. The smallest absolute Gasteiger partial charge is 0.337 e. The second-order valence-electron chi connectivity index (χ2n) is 4.35. The zero-order chi connectivity index (χ0) is 14.0. The lowest BCUT2D eigenvalue weighted by Crippen LogP contribution is -2.55. The molecule has 2 N–H and O–H groups in total. The normalized spacial score (nSPS) is 19.2. The maximum absolute atomic E-state index is 11.9. The predicted molar refractivity (Wildman–Crippen MR) is 72.8 cm³/mol. The minimum Gasteiger partial charge on any atom is -0.478 e. The number of piperazine rings is 1. The minimum absolute atomic E-state index is 0.0926. The first-order chi connectivity index (χ1) is 9.06. The fraction of sp³-hybridized carbons (Fsp3) is 0.385. The molecular weight excluding hydrogens is 268 g/mol. The van der Waals surface area contributed by atoms with Crippen LogP contribution in [-0.2, 0) is 4.79 Å². The summed E-state index contributed by atoms with van der Waals surface area (Å²) in [5.74, 6) is -1.14. The molecule has 102 valence electrons. The number of carboxylic acid groups (broad SMARTS) is 1. The molecule has 1 saturated heterocycles. The summed E-state index contributed by atoms with van der Waals surface area (Å²) in [6, 6.07) is 4.36. The molecular formula is C13H15ClN2O3. The highest BCUT2D eigenvalue weighted by Gasteiger charge is 2.31. The van der Waals surface area contributed by atoms with E-state index in [4.69, 9.17) is 11.6 Å². The Balaban J connectivity index is 2.50. The quantitative estimate of drug-likeness (QED) is 0.886. The zero-order valence-corrected chi connectivity index (χ0v) is 11.3. The van der Waals surface area contributed by atoms with Crippen LogP contribution in [0, 0.1) is 0 Å². The zero-order valence-electron chi connectivity index (χ0n) is 10.5. The van der Waals surface area contributed by atoms with Gasteiger partial charge in [0.05, 0.1) is 16.3 Å². The number of carbonyl (C=O) groups is 2. The molecule has 0 bridgehead atoms. The number of anilines is 1. The molecule has 1 amide bonds. The number of nitrogens with zero attached hydrogens (tertiary/aromatic N) is 1. The number of halogens is 1. The number of carbonyl (C=O) groups excluding carboxylic acids is 1. The third-order valence-electron chi connectivity index (χ3n) is 3.22. The van der Waals surface area contributed by atoms with Gasteiger partial charge in [-0.25, -0.2) is 4.79 Å². The SMILES string of the molecule is CCC1C(=O)NCCN1c1c(Cl)cccc1C(=O)O. The van der Waals surface area contributed by atoms with Gasteiger partial charge in [-0.1, -0.05) is 24.6 Å². The van der Waals surface area contributed by atoms with Crippen LogP contribution in [-0.4, -0.2) is 36.1 Å². The molecule has 1 fully saturated rings. The Bertz CT molecular complexity index is 519. The van der Waals surface area contributed by atoms with Crippen LogP contribution in [0.15, 0.2) is 18.2 Å². The van der Waals surface area contributed by atoms with Crippen LogP contribution in [0.4, 0.5) is 5.69 Å². The summed E-state index contributed by atoms with van der Waals surface area (Å²) in [5.41, 5.74) is 0.555. The lowest BCUT2D eigenvalue weighted by Gasteiger charge is -2.37. The number of benzene rings is 1. The number of rotatable bonds is 3. The summed E-state index contributed by atoms with van der Waals surface area (Å²) in [5, 5.41) is 12.4. The van der Waals surface area contributed by atoms with Crippen LogP contribution >= 0.6 is 11.6 Å². The van der Waals surface area contributed by atoms with Gasteiger partial charge in [0.25, 0.3) is 0 Å². The molecule has 1 atom stereocenters. The Hall–Kier alpha value is -1.75. The predicted octanol–water partition coefficient (Wildman–Crippen LogP) is 1.75. The molecule has 2 rings (SSSR count). The van der Waals surface area contributed by atoms with Crippen molar-refractivity contribution in [2.24, 2.45) is 0 Å². The van der Waals surface area contributed by atoms with Gasteiger partial charge in [0.15, 0.2) is 0 Å². The Morgan fingerprint density at radius 1 is 1.58 bits per heavy atom. The Morgan fingerprint density at radius 2 is 2.32 bits per heavy atom. The average molecular weight is 283 g/mol. The summed E-state index contributed by atoms with van der Waals surface area (Å²) >= 11 is 6.14. The van der Waals surface area contributed by atoms with Crippen LogP contribution in [0.3, 0.4) is 0 Å². The van der Waals surface area contributed by atoms with E-state index in [9.17, 15) is 14.7 Å². The van der Waals surface area contributed by atoms with Crippen molar-refractivity contribution < 1.29 is 14.7 Å². The Morgan fingerprint density at radius 3 is 2.95 bits per heavy atom. The molecule has 19 heavy (non-hydrogen) atoms. The number of amides is 1. The maximum Gasteiger partial charge on any atom is 0.337 e. The van der Waals surface area contributed by atoms with Gasteiger partial charge >= 0.3 is 5.97 Å². The first kappa shape index (κ1) is 13.7. The number of nitrogens with one attached hydrogen (secondary N) is 1. The van der Waals surface area contributed by atoms with Gasteiger partial charge in [0.2, 0.25) is 5.91 Å². The van der Waals surface area contributed by atoms with Crippen molar-refractivity contribution in [1.29, 1.82) is 0 Å². The maximum atomic E-state index is 11.9. The van der Waals surface area contributed by atoms with Gasteiger partial charge in [-0.2, -0.15) is 0 Å². The summed E-state index contributed by atoms with van der Waals surface area (Å²) in [7, 11) is 0. The van der Waals surface area contributed by atoms with E-state index in [1.54, 1.807) is 17.0 Å². The van der Waals surface area contributed by atoms with E-state index in [1.165, 1.54) is 6.07 Å². The van der Waals surface area contributed by atoms with E-state index in [-0.39, 0.29) is 17.5 Å². The van der Waals surface area contributed by atoms with Crippen molar-refractivity contribution in [3.05, 3.63) is 28.8 Å². The van der Waals surface area contributed by atoms with Crippen LogP contribution in [0.25, 0.3) is 0 Å². The minimum atomic E-state index is -1.04. The summed E-state index contributed by atoms with van der Waals surface area (Å²) in [6.45, 7) is 2.92. The molecule has 0 aliphatic carbocycles. The van der Waals surface area contributed by atoms with Crippen molar-refractivity contribution in [2.75, 3.05) is 18.0 Å². The van der Waals surface area contributed by atoms with Crippen LogP contribution in [0.5, 0.6) is 0 Å². The largest absolute Gasteiger partial charge is 0.478 e. The Kier molecular flexibility index (Phi) is 3.95. The van der Waals surface area contributed by atoms with E-state index >= 15 is 0 Å². The van der Waals surface area contributed by atoms with Crippen LogP contribution in [0.2, 0.25) is 5.02 Å². The molecule has 0 radical (unpaired) electrons. The molecule has 0 spiro atoms. The lowest BCUT2D eigenvalue weighted by molar-refractivity contribution is -0.123. The molecule has 6 heteroatoms. The van der Waals surface area contributed by atoms with E-state index in [2.05, 4.69) is 5.32 Å². The second kappa shape index (κ2) is 5.48. The molecule has 0 saturated carbocycles. The molecule has 1 heterocycles. The fourth-order valence-corrected chi connectivity index (χ4v) is 2.65. The molecule has 1 aliphatic rings. The van der Waals surface area contributed by atoms with Gasteiger partial charge in [-0.15, -0.1) is 0 Å². The molecule has 0 aromatic heterocycles. The highest BCUT2D eigenvalue weighted by Crippen LogP contribution is 2.32. The average Bonchev–Trinajstić information content (AvgIpc) is 2.38. The number of hydrogen-bond donors (Lipinski definition) is 2. The van der Waals surface area contributed by atoms with Gasteiger partial charge in [0.1, 0.15) is 6.04 Å². The topological polar surface area (TPSA) is 69.6 Å². The second-order valence-corrected chi connectivity index (χ2v) is 4.76. The van der Waals surface area contributed by atoms with E-state index in [0.29, 0.717) is 30.2 Å². The molecule has 5 nitrogen and oxygen atoms in total. The van der Waals surface area contributed by atoms with Gasteiger partial charge in [0, 0.05) is 13.1 Å². The van der Waals surface area contributed by atoms with Crippen molar-refractivity contribution in [3.8, 4) is 0 Å². The van der Waals surface area contributed by atoms with E-state index < -0.39 is 5.97 Å². The van der Waals surface area contributed by atoms with Crippen LogP contribution in [0.1, 0.15) is 23.7 Å². The third-order valence-corrected chi connectivity index (χ3v) is 3.53. The fourth-order valence-electron chi connectivity index (χ4n) is 2.37. The molecule has 1 aromatic carbocycles. The molecule has 1 aliphatic heterocycles. The third kappa shape index (κ3) is 2.51. The standard InChI is InChI=1S/C13H15ClN2O3/c1-2-10-12(17)15-6-7-16(10)11-8(13(18)19)4-3-5-9(11)14/h3-5,10H,2,6-7H2,1H3,(H,15,17)(H,18,19). The van der Waals surface area contributed by atoms with Crippen LogP contribution < -0.4 is 10.2 Å². The van der Waals surface area contributed by atoms with Gasteiger partial charge in [-0.3, -0.25) is 4.79 Å². The number of hydrogen-bond acceptors (Lipinski definition) is 3. The summed E-state index contributed by atoms with van der Waals surface area (Å²) < 4.78 is 0. The van der Waals surface area contributed by atoms with Gasteiger partial charge < -0.3 is 15.3 Å². The molecule has 1 aromatic rings. The number of carboxylic acids is 1. The van der Waals surface area contributed by atoms with Gasteiger partial charge in [-0.05, 0) is 18.6 Å². The van der Waals surface area contributed by atoms with E-state index in [0.717, 1.165) is 0 Å². The van der Waals surface area contributed by atoms with Crippen molar-refractivity contribution >= 4 is 29.2 Å². The number of aromatic carboxylic acids is 1. The summed E-state index contributed by atoms with van der Waals surface area (Å²) in [4.78, 5) is 24.9. The highest BCUT2D eigenvalue weighted by molar-refractivity contribution is 6.34. The number of para-hydroxylation sites is 1. The first-order valence-corrected chi connectivity index (χ1v) is 6.50. The van der Waals surface area contributed by atoms with Crippen molar-refractivity contribution in [2.45, 2.75) is 19.4 Å².